The van der Waals surface area contributed by atoms with E-state index in [-0.39, 0.29) is 42.6 Å². The maximum absolute atomic E-state index is 5.52. The maximum atomic E-state index is 5.52. The number of allylic oxidation sites excluding steroid dienone is 2. The first kappa shape index (κ1) is 18.2. The first-order valence-electron chi connectivity index (χ1n) is 6.03. The quantitative estimate of drug-likeness (QED) is 0.311. The van der Waals surface area contributed by atoms with Crippen LogP contribution in [0.3, 0.4) is 0 Å². The second kappa shape index (κ2) is 13.6. The van der Waals surface area contributed by atoms with Gasteiger partial charge >= 0.3 is 0 Å². The molecule has 0 bridgehead atoms. The molecule has 0 aromatic rings. The molecule has 0 radical (unpaired) electrons. The van der Waals surface area contributed by atoms with Gasteiger partial charge in [0.05, 0.1) is 30.5 Å². The zero-order chi connectivity index (χ0) is 13.6. The predicted octanol–water partition coefficient (Wildman–Crippen LogP) is 2.17. The molecule has 2 unspecified atom stereocenters. The summed E-state index contributed by atoms with van der Waals surface area (Å²) >= 11 is 11.0. The van der Waals surface area contributed by atoms with Crippen LogP contribution in [-0.4, -0.2) is 42.6 Å². The normalized spacial score (nSPS) is 15.9. The Balaban J connectivity index is 3.64. The lowest BCUT2D eigenvalue weighted by molar-refractivity contribution is 0.179. The second-order valence-electron chi connectivity index (χ2n) is 3.73. The molecule has 18 heavy (non-hydrogen) atoms. The van der Waals surface area contributed by atoms with Crippen molar-refractivity contribution in [2.75, 3.05) is 12.1 Å². The first-order valence-corrected chi connectivity index (χ1v) is 10.7. The highest BCUT2D eigenvalue weighted by molar-refractivity contribution is 6.39. The van der Waals surface area contributed by atoms with Crippen molar-refractivity contribution in [1.82, 2.24) is 0 Å². The van der Waals surface area contributed by atoms with E-state index in [1.165, 1.54) is 0 Å². The number of halogens is 2. The molecule has 0 amide bonds. The molecule has 2 nitrogen and oxygen atoms in total. The van der Waals surface area contributed by atoms with E-state index in [2.05, 4.69) is 25.3 Å². The molecular formula is C12H22Cl2O2Si2. The SMILES string of the molecule is C=CC(OCCl)[SiH2]CC=CC[SiH2]C(C=C)OCCl. The summed E-state index contributed by atoms with van der Waals surface area (Å²) in [6.07, 6.45) is 8.15. The van der Waals surface area contributed by atoms with Gasteiger partial charge in [0.1, 0.15) is 12.1 Å². The van der Waals surface area contributed by atoms with Gasteiger partial charge in [-0.05, 0) is 12.1 Å². The van der Waals surface area contributed by atoms with E-state index in [9.17, 15) is 0 Å². The number of ether oxygens (including phenoxy) is 2. The summed E-state index contributed by atoms with van der Waals surface area (Å²) in [5.41, 5.74) is 0.370. The average molecular weight is 325 g/mol. The van der Waals surface area contributed by atoms with Crippen molar-refractivity contribution in [3.63, 3.8) is 0 Å². The summed E-state index contributed by atoms with van der Waals surface area (Å²) in [5.74, 6) is 0. The highest BCUT2D eigenvalue weighted by atomic mass is 35.5. The van der Waals surface area contributed by atoms with Crippen LogP contribution < -0.4 is 0 Å². The molecule has 0 N–H and O–H groups in total. The molecule has 2 atom stereocenters. The lowest BCUT2D eigenvalue weighted by Crippen LogP contribution is -2.17. The van der Waals surface area contributed by atoms with E-state index in [0.717, 1.165) is 12.1 Å². The van der Waals surface area contributed by atoms with Crippen molar-refractivity contribution < 1.29 is 9.47 Å². The van der Waals surface area contributed by atoms with Crippen LogP contribution in [0.1, 0.15) is 0 Å². The van der Waals surface area contributed by atoms with E-state index >= 15 is 0 Å². The zero-order valence-corrected chi connectivity index (χ0v) is 15.0. The number of alkyl halides is 2. The minimum absolute atomic E-state index is 0.185. The standard InChI is InChI=1S/C12H22Cl2O2Si2/c1-3-11(15-9-13)17-7-5-6-8-18-12(4-2)16-10-14/h3-6,11-12H,1-2,7-10,17-18H2. The fourth-order valence-corrected chi connectivity index (χ4v) is 4.63. The maximum Gasteiger partial charge on any atom is 0.121 e. The van der Waals surface area contributed by atoms with E-state index in [1.54, 1.807) is 0 Å². The number of hydrogen-bond acceptors (Lipinski definition) is 2. The van der Waals surface area contributed by atoms with Crippen LogP contribution in [-0.2, 0) is 9.47 Å². The van der Waals surface area contributed by atoms with Gasteiger partial charge in [-0.25, -0.2) is 0 Å². The first-order chi connectivity index (χ1) is 8.78. The summed E-state index contributed by atoms with van der Waals surface area (Å²) in [6, 6.07) is 2.71. The Labute approximate surface area is 125 Å². The monoisotopic (exact) mass is 324 g/mol. The van der Waals surface area contributed by atoms with E-state index in [0.29, 0.717) is 0 Å². The lowest BCUT2D eigenvalue weighted by Gasteiger charge is -2.09. The molecule has 0 aliphatic carbocycles. The highest BCUT2D eigenvalue weighted by Crippen LogP contribution is 2.00. The number of rotatable bonds is 12. The molecule has 0 saturated carbocycles. The Morgan fingerprint density at radius 1 is 0.889 bits per heavy atom. The third kappa shape index (κ3) is 10.1. The molecule has 104 valence electrons. The molecule has 0 heterocycles. The van der Waals surface area contributed by atoms with Crippen molar-refractivity contribution in [1.29, 1.82) is 0 Å². The van der Waals surface area contributed by atoms with Crippen molar-refractivity contribution in [2.45, 2.75) is 23.5 Å². The third-order valence-electron chi connectivity index (χ3n) is 2.48. The van der Waals surface area contributed by atoms with Crippen LogP contribution in [0.5, 0.6) is 0 Å². The van der Waals surface area contributed by atoms with Gasteiger partial charge < -0.3 is 9.47 Å². The second-order valence-corrected chi connectivity index (χ2v) is 8.08. The van der Waals surface area contributed by atoms with Crippen molar-refractivity contribution in [2.24, 2.45) is 0 Å². The van der Waals surface area contributed by atoms with Crippen LogP contribution >= 0.6 is 23.2 Å². The molecule has 0 fully saturated rings. The van der Waals surface area contributed by atoms with Gasteiger partial charge in [0.25, 0.3) is 0 Å². The van der Waals surface area contributed by atoms with Crippen molar-refractivity contribution in [3.05, 3.63) is 37.5 Å². The van der Waals surface area contributed by atoms with Crippen LogP contribution in [0.4, 0.5) is 0 Å². The van der Waals surface area contributed by atoms with Crippen LogP contribution in [0.2, 0.25) is 12.1 Å². The largest absolute Gasteiger partial charge is 0.363 e. The summed E-state index contributed by atoms with van der Waals surface area (Å²) in [7, 11) is -0.633. The molecule has 0 saturated heterocycles. The Kier molecular flexibility index (Phi) is 13.7. The summed E-state index contributed by atoms with van der Waals surface area (Å²) < 4.78 is 10.6. The van der Waals surface area contributed by atoms with Gasteiger partial charge in [0.2, 0.25) is 0 Å². The van der Waals surface area contributed by atoms with Gasteiger partial charge in [0.15, 0.2) is 0 Å². The average Bonchev–Trinajstić information content (AvgIpc) is 2.39. The summed E-state index contributed by atoms with van der Waals surface area (Å²) in [4.78, 5) is 0. The lowest BCUT2D eigenvalue weighted by atomic mass is 10.6. The zero-order valence-electron chi connectivity index (χ0n) is 10.7. The Hall–Kier alpha value is 0.154. The molecule has 0 aromatic carbocycles. The molecule has 0 rings (SSSR count). The topological polar surface area (TPSA) is 18.5 Å². The minimum Gasteiger partial charge on any atom is -0.363 e. The molecule has 0 aliphatic rings. The van der Waals surface area contributed by atoms with Gasteiger partial charge in [-0.1, -0.05) is 47.5 Å². The highest BCUT2D eigenvalue weighted by Gasteiger charge is 2.03. The van der Waals surface area contributed by atoms with Crippen LogP contribution in [0.15, 0.2) is 37.5 Å². The molecular weight excluding hydrogens is 303 g/mol. The summed E-state index contributed by atoms with van der Waals surface area (Å²) in [6.45, 7) is 7.49. The van der Waals surface area contributed by atoms with Gasteiger partial charge in [-0.3, -0.25) is 0 Å². The van der Waals surface area contributed by atoms with Crippen LogP contribution in [0, 0.1) is 0 Å². The Morgan fingerprint density at radius 2 is 1.28 bits per heavy atom. The Morgan fingerprint density at radius 3 is 1.56 bits per heavy atom. The van der Waals surface area contributed by atoms with Gasteiger partial charge in [-0.15, -0.1) is 13.2 Å². The third-order valence-corrected chi connectivity index (χ3v) is 6.34. The number of hydrogen-bond donors (Lipinski definition) is 0. The van der Waals surface area contributed by atoms with E-state index in [4.69, 9.17) is 32.7 Å². The van der Waals surface area contributed by atoms with Crippen molar-refractivity contribution in [3.8, 4) is 0 Å². The van der Waals surface area contributed by atoms with Gasteiger partial charge in [0, 0.05) is 0 Å². The Bertz CT molecular complexity index is 226. The fourth-order valence-electron chi connectivity index (χ4n) is 1.46. The molecule has 6 heteroatoms. The molecule has 0 aromatic heterocycles. The van der Waals surface area contributed by atoms with E-state index in [1.807, 2.05) is 12.2 Å². The predicted molar refractivity (Wildman–Crippen MR) is 87.4 cm³/mol. The fraction of sp³-hybridized carbons (Fsp3) is 0.500. The van der Waals surface area contributed by atoms with Crippen molar-refractivity contribution >= 4 is 42.2 Å². The molecule has 0 aliphatic heterocycles. The summed E-state index contributed by atoms with van der Waals surface area (Å²) in [5, 5.41) is 0. The smallest absolute Gasteiger partial charge is 0.121 e. The van der Waals surface area contributed by atoms with Gasteiger partial charge in [-0.2, -0.15) is 0 Å². The van der Waals surface area contributed by atoms with E-state index < -0.39 is 0 Å². The van der Waals surface area contributed by atoms with Crippen LogP contribution in [0.25, 0.3) is 0 Å². The minimum atomic E-state index is -0.317. The molecule has 0 spiro atoms.